The van der Waals surface area contributed by atoms with Gasteiger partial charge in [0.25, 0.3) is 11.8 Å². The molecule has 0 atom stereocenters. The number of aromatic nitrogens is 1. The van der Waals surface area contributed by atoms with Crippen molar-refractivity contribution in [1.82, 2.24) is 14.4 Å². The zero-order valence-corrected chi connectivity index (χ0v) is 12.9. The van der Waals surface area contributed by atoms with Gasteiger partial charge in [-0.2, -0.15) is 0 Å². The molecule has 3 rings (SSSR count). The molecule has 0 bridgehead atoms. The van der Waals surface area contributed by atoms with Gasteiger partial charge in [0.05, 0.1) is 0 Å². The van der Waals surface area contributed by atoms with Crippen molar-refractivity contribution in [3.63, 3.8) is 0 Å². The Morgan fingerprint density at radius 1 is 0.957 bits per heavy atom. The molecule has 2 amide bonds. The van der Waals surface area contributed by atoms with E-state index in [1.165, 1.54) is 18.2 Å². The highest BCUT2D eigenvalue weighted by atomic mass is 19.1. The van der Waals surface area contributed by atoms with E-state index in [0.29, 0.717) is 37.4 Å². The van der Waals surface area contributed by atoms with Crippen LogP contribution >= 0.6 is 0 Å². The molecule has 5 nitrogen and oxygen atoms in total. The third-order valence-corrected chi connectivity index (χ3v) is 4.09. The average molecular weight is 315 g/mol. The maximum absolute atomic E-state index is 13.2. The largest absolute Gasteiger partial charge is 0.347 e. The second kappa shape index (κ2) is 6.24. The molecular formula is C17H18FN3O2. The molecule has 0 radical (unpaired) electrons. The molecule has 1 fully saturated rings. The van der Waals surface area contributed by atoms with Crippen molar-refractivity contribution in [3.8, 4) is 0 Å². The first-order valence-corrected chi connectivity index (χ1v) is 7.52. The van der Waals surface area contributed by atoms with Gasteiger partial charge in [-0.3, -0.25) is 9.59 Å². The van der Waals surface area contributed by atoms with Gasteiger partial charge in [-0.05, 0) is 30.3 Å². The Labute approximate surface area is 133 Å². The van der Waals surface area contributed by atoms with E-state index in [4.69, 9.17) is 0 Å². The molecule has 0 saturated carbocycles. The van der Waals surface area contributed by atoms with Crippen molar-refractivity contribution >= 4 is 11.8 Å². The van der Waals surface area contributed by atoms with Crippen LogP contribution in [0.4, 0.5) is 4.39 Å². The van der Waals surface area contributed by atoms with Crippen LogP contribution in [-0.2, 0) is 7.05 Å². The molecule has 2 heterocycles. The molecule has 1 saturated heterocycles. The number of halogens is 1. The Kier molecular flexibility index (Phi) is 4.14. The summed E-state index contributed by atoms with van der Waals surface area (Å²) in [5.41, 5.74) is 0.974. The minimum absolute atomic E-state index is 0.0321. The maximum atomic E-state index is 13.2. The van der Waals surface area contributed by atoms with E-state index < -0.39 is 5.82 Å². The highest BCUT2D eigenvalue weighted by molar-refractivity contribution is 5.95. The van der Waals surface area contributed by atoms with Crippen molar-refractivity contribution in [1.29, 1.82) is 0 Å². The number of benzene rings is 1. The van der Waals surface area contributed by atoms with Gasteiger partial charge in [-0.15, -0.1) is 0 Å². The lowest BCUT2D eigenvalue weighted by Gasteiger charge is -2.34. The molecular weight excluding hydrogens is 297 g/mol. The summed E-state index contributed by atoms with van der Waals surface area (Å²) >= 11 is 0. The summed E-state index contributed by atoms with van der Waals surface area (Å²) in [5.74, 6) is -0.654. The number of piperazine rings is 1. The fourth-order valence-electron chi connectivity index (χ4n) is 2.76. The molecule has 0 aliphatic carbocycles. The van der Waals surface area contributed by atoms with Crippen LogP contribution in [0, 0.1) is 5.82 Å². The minimum atomic E-state index is -0.423. The molecule has 0 unspecified atom stereocenters. The molecule has 6 heteroatoms. The molecule has 1 aliphatic rings. The quantitative estimate of drug-likeness (QED) is 0.848. The van der Waals surface area contributed by atoms with Gasteiger partial charge in [-0.1, -0.05) is 6.07 Å². The Morgan fingerprint density at radius 3 is 2.17 bits per heavy atom. The normalized spacial score (nSPS) is 14.9. The Balaban J connectivity index is 1.63. The summed E-state index contributed by atoms with van der Waals surface area (Å²) in [6, 6.07) is 9.30. The molecule has 120 valence electrons. The van der Waals surface area contributed by atoms with Gasteiger partial charge < -0.3 is 14.4 Å². The summed E-state index contributed by atoms with van der Waals surface area (Å²) in [7, 11) is 1.83. The molecule has 1 aromatic heterocycles. The highest BCUT2D eigenvalue weighted by Gasteiger charge is 2.26. The SMILES string of the molecule is Cn1cccc1C(=O)N1CCN(C(=O)c2cccc(F)c2)CC1. The van der Waals surface area contributed by atoms with E-state index in [-0.39, 0.29) is 11.8 Å². The monoisotopic (exact) mass is 315 g/mol. The number of hydrogen-bond donors (Lipinski definition) is 0. The van der Waals surface area contributed by atoms with Crippen LogP contribution in [0.25, 0.3) is 0 Å². The number of carbonyl (C=O) groups excluding carboxylic acids is 2. The first-order chi connectivity index (χ1) is 11.1. The van der Waals surface area contributed by atoms with Crippen molar-refractivity contribution in [2.24, 2.45) is 7.05 Å². The predicted molar refractivity (Wildman–Crippen MR) is 83.6 cm³/mol. The first-order valence-electron chi connectivity index (χ1n) is 7.52. The molecule has 0 N–H and O–H groups in total. The maximum Gasteiger partial charge on any atom is 0.270 e. The fraction of sp³-hybridized carbons (Fsp3) is 0.294. The van der Waals surface area contributed by atoms with Crippen LogP contribution in [0.1, 0.15) is 20.8 Å². The third-order valence-electron chi connectivity index (χ3n) is 4.09. The van der Waals surface area contributed by atoms with Gasteiger partial charge in [0.1, 0.15) is 11.5 Å². The lowest BCUT2D eigenvalue weighted by Crippen LogP contribution is -2.50. The van der Waals surface area contributed by atoms with Gasteiger partial charge in [-0.25, -0.2) is 4.39 Å². The van der Waals surface area contributed by atoms with Crippen molar-refractivity contribution < 1.29 is 14.0 Å². The lowest BCUT2D eigenvalue weighted by atomic mass is 10.1. The fourth-order valence-corrected chi connectivity index (χ4v) is 2.76. The predicted octanol–water partition coefficient (Wildman–Crippen LogP) is 1.76. The smallest absolute Gasteiger partial charge is 0.270 e. The summed E-state index contributed by atoms with van der Waals surface area (Å²) in [6.45, 7) is 1.85. The first kappa shape index (κ1) is 15.3. The van der Waals surface area contributed by atoms with E-state index in [2.05, 4.69) is 0 Å². The number of carbonyl (C=O) groups is 2. The molecule has 23 heavy (non-hydrogen) atoms. The van der Waals surface area contributed by atoms with Crippen LogP contribution in [0.2, 0.25) is 0 Å². The summed E-state index contributed by atoms with van der Waals surface area (Å²) in [6.07, 6.45) is 1.83. The van der Waals surface area contributed by atoms with Gasteiger partial charge in [0, 0.05) is 45.0 Å². The van der Waals surface area contributed by atoms with Crippen molar-refractivity contribution in [2.75, 3.05) is 26.2 Å². The number of nitrogens with zero attached hydrogens (tertiary/aromatic N) is 3. The zero-order valence-electron chi connectivity index (χ0n) is 12.9. The lowest BCUT2D eigenvalue weighted by molar-refractivity contribution is 0.0530. The van der Waals surface area contributed by atoms with Gasteiger partial charge in [0.2, 0.25) is 0 Å². The van der Waals surface area contributed by atoms with E-state index >= 15 is 0 Å². The molecule has 1 aliphatic heterocycles. The van der Waals surface area contributed by atoms with E-state index in [9.17, 15) is 14.0 Å². The summed E-state index contributed by atoms with van der Waals surface area (Å²) in [4.78, 5) is 28.2. The van der Waals surface area contributed by atoms with Crippen LogP contribution in [0.5, 0.6) is 0 Å². The summed E-state index contributed by atoms with van der Waals surface area (Å²) in [5, 5.41) is 0. The van der Waals surface area contributed by atoms with Gasteiger partial charge >= 0.3 is 0 Å². The van der Waals surface area contributed by atoms with Crippen LogP contribution in [0.15, 0.2) is 42.6 Å². The second-order valence-electron chi connectivity index (χ2n) is 5.60. The van der Waals surface area contributed by atoms with Crippen LogP contribution in [0.3, 0.4) is 0 Å². The number of rotatable bonds is 2. The Morgan fingerprint density at radius 2 is 1.61 bits per heavy atom. The van der Waals surface area contributed by atoms with E-state index in [0.717, 1.165) is 0 Å². The summed E-state index contributed by atoms with van der Waals surface area (Å²) < 4.78 is 15.0. The third kappa shape index (κ3) is 3.11. The van der Waals surface area contributed by atoms with E-state index in [1.807, 2.05) is 19.3 Å². The van der Waals surface area contributed by atoms with Crippen molar-refractivity contribution in [2.45, 2.75) is 0 Å². The highest BCUT2D eigenvalue weighted by Crippen LogP contribution is 2.13. The van der Waals surface area contributed by atoms with Crippen molar-refractivity contribution in [3.05, 3.63) is 59.7 Å². The standard InChI is InChI=1S/C17H18FN3O2/c1-19-7-3-6-15(19)17(23)21-10-8-20(9-11-21)16(22)13-4-2-5-14(18)12-13/h2-7,12H,8-11H2,1H3. The topological polar surface area (TPSA) is 45.6 Å². The molecule has 0 spiro atoms. The zero-order chi connectivity index (χ0) is 16.4. The van der Waals surface area contributed by atoms with E-state index in [1.54, 1.807) is 26.5 Å². The van der Waals surface area contributed by atoms with Gasteiger partial charge in [0.15, 0.2) is 0 Å². The van der Waals surface area contributed by atoms with Crippen LogP contribution in [-0.4, -0.2) is 52.4 Å². The number of aryl methyl sites for hydroxylation is 1. The number of amides is 2. The molecule has 2 aromatic rings. The number of hydrogen-bond acceptors (Lipinski definition) is 2. The average Bonchev–Trinajstić information content (AvgIpc) is 3.00. The molecule has 1 aromatic carbocycles. The Bertz CT molecular complexity index is 733. The minimum Gasteiger partial charge on any atom is -0.347 e. The Hall–Kier alpha value is -2.63. The second-order valence-corrected chi connectivity index (χ2v) is 5.60. The van der Waals surface area contributed by atoms with Crippen LogP contribution < -0.4 is 0 Å².